The van der Waals surface area contributed by atoms with Crippen LogP contribution in [0.15, 0.2) is 0 Å². The highest BCUT2D eigenvalue weighted by Crippen LogP contribution is 2.52. The maximum Gasteiger partial charge on any atom is 0.00417 e. The first-order valence-electron chi connectivity index (χ1n) is 6.26. The Bertz CT molecular complexity index is 209. The highest BCUT2D eigenvalue weighted by molar-refractivity contribution is 4.95. The number of rotatable bonds is 0. The minimum Gasteiger partial charge on any atom is -0.328 e. The molecule has 0 bridgehead atoms. The molecule has 1 heteroatoms. The largest absolute Gasteiger partial charge is 0.328 e. The minimum absolute atomic E-state index is 0.493. The molecule has 0 aliphatic heterocycles. The molecule has 0 amide bonds. The molecule has 2 N–H and O–H groups in total. The van der Waals surface area contributed by atoms with E-state index >= 15 is 0 Å². The zero-order valence-electron chi connectivity index (χ0n) is 9.92. The van der Waals surface area contributed by atoms with Gasteiger partial charge in [0.05, 0.1) is 0 Å². The van der Waals surface area contributed by atoms with Crippen LogP contribution in [0.3, 0.4) is 0 Å². The second kappa shape index (κ2) is 3.52. The van der Waals surface area contributed by atoms with Crippen molar-refractivity contribution in [3.63, 3.8) is 0 Å². The Hall–Kier alpha value is -0.0400. The molecule has 4 atom stereocenters. The third-order valence-corrected chi connectivity index (χ3v) is 4.92. The van der Waals surface area contributed by atoms with Crippen molar-refractivity contribution in [1.82, 2.24) is 0 Å². The lowest BCUT2D eigenvalue weighted by Crippen LogP contribution is -2.45. The van der Waals surface area contributed by atoms with E-state index in [1.54, 1.807) is 0 Å². The van der Waals surface area contributed by atoms with Crippen molar-refractivity contribution in [2.24, 2.45) is 28.9 Å². The van der Waals surface area contributed by atoms with Gasteiger partial charge in [-0.25, -0.2) is 0 Å². The fourth-order valence-electron chi connectivity index (χ4n) is 3.84. The van der Waals surface area contributed by atoms with Crippen molar-refractivity contribution in [3.05, 3.63) is 0 Å². The van der Waals surface area contributed by atoms with Gasteiger partial charge in [0.2, 0.25) is 0 Å². The molecule has 2 aliphatic carbocycles. The lowest BCUT2D eigenvalue weighted by atomic mass is 9.55. The average molecular weight is 195 g/mol. The van der Waals surface area contributed by atoms with E-state index < -0.39 is 0 Å². The summed E-state index contributed by atoms with van der Waals surface area (Å²) >= 11 is 0. The van der Waals surface area contributed by atoms with Gasteiger partial charge in [0.25, 0.3) is 0 Å². The van der Waals surface area contributed by atoms with E-state index in [9.17, 15) is 0 Å². The van der Waals surface area contributed by atoms with Gasteiger partial charge < -0.3 is 5.73 Å². The summed E-state index contributed by atoms with van der Waals surface area (Å²) < 4.78 is 0. The predicted octanol–water partition coefficient (Wildman–Crippen LogP) is 3.19. The first-order chi connectivity index (χ1) is 6.50. The lowest BCUT2D eigenvalue weighted by Gasteiger charge is -2.51. The minimum atomic E-state index is 0.493. The number of fused-ring (bicyclic) bond motifs is 1. The topological polar surface area (TPSA) is 26.0 Å². The quantitative estimate of drug-likeness (QED) is 0.631. The molecular weight excluding hydrogens is 170 g/mol. The van der Waals surface area contributed by atoms with Crippen LogP contribution in [0.1, 0.15) is 52.9 Å². The van der Waals surface area contributed by atoms with Crippen LogP contribution in [0.25, 0.3) is 0 Å². The van der Waals surface area contributed by atoms with E-state index in [4.69, 9.17) is 5.73 Å². The van der Waals surface area contributed by atoms with Crippen molar-refractivity contribution in [2.45, 2.75) is 58.9 Å². The second-order valence-corrected chi connectivity index (χ2v) is 6.35. The highest BCUT2D eigenvalue weighted by atomic mass is 14.7. The van der Waals surface area contributed by atoms with Crippen LogP contribution in [0.2, 0.25) is 0 Å². The van der Waals surface area contributed by atoms with Gasteiger partial charge in [-0.3, -0.25) is 0 Å². The first-order valence-corrected chi connectivity index (χ1v) is 6.26. The molecule has 82 valence electrons. The fourth-order valence-corrected chi connectivity index (χ4v) is 3.84. The smallest absolute Gasteiger partial charge is 0.00417 e. The molecule has 2 fully saturated rings. The Morgan fingerprint density at radius 2 is 1.86 bits per heavy atom. The van der Waals surface area contributed by atoms with Gasteiger partial charge >= 0.3 is 0 Å². The Kier molecular flexibility index (Phi) is 2.63. The van der Waals surface area contributed by atoms with Crippen molar-refractivity contribution in [3.8, 4) is 0 Å². The zero-order chi connectivity index (χ0) is 10.3. The summed E-state index contributed by atoms with van der Waals surface area (Å²) in [7, 11) is 0. The van der Waals surface area contributed by atoms with E-state index in [1.807, 2.05) is 0 Å². The van der Waals surface area contributed by atoms with Gasteiger partial charge in [-0.05, 0) is 55.3 Å². The van der Waals surface area contributed by atoms with Crippen molar-refractivity contribution < 1.29 is 0 Å². The number of nitrogens with two attached hydrogens (primary N) is 1. The summed E-state index contributed by atoms with van der Waals surface area (Å²) in [6.45, 7) is 7.37. The molecule has 14 heavy (non-hydrogen) atoms. The maximum absolute atomic E-state index is 6.09. The van der Waals surface area contributed by atoms with Crippen molar-refractivity contribution >= 4 is 0 Å². The van der Waals surface area contributed by atoms with Gasteiger partial charge in [0, 0.05) is 6.04 Å². The molecule has 0 heterocycles. The number of hydrogen-bond donors (Lipinski definition) is 1. The maximum atomic E-state index is 6.09. The molecule has 0 radical (unpaired) electrons. The van der Waals surface area contributed by atoms with Crippen LogP contribution in [0.4, 0.5) is 0 Å². The van der Waals surface area contributed by atoms with Gasteiger partial charge in [-0.2, -0.15) is 0 Å². The summed E-state index contributed by atoms with van der Waals surface area (Å²) in [5, 5.41) is 0. The predicted molar refractivity (Wildman–Crippen MR) is 61.0 cm³/mol. The van der Waals surface area contributed by atoms with Crippen LogP contribution in [0, 0.1) is 23.2 Å². The van der Waals surface area contributed by atoms with E-state index in [0.717, 1.165) is 17.8 Å². The van der Waals surface area contributed by atoms with Gasteiger partial charge in [0.15, 0.2) is 0 Å². The van der Waals surface area contributed by atoms with Crippen LogP contribution < -0.4 is 5.73 Å². The zero-order valence-corrected chi connectivity index (χ0v) is 9.92. The van der Waals surface area contributed by atoms with Gasteiger partial charge in [-0.15, -0.1) is 0 Å². The highest BCUT2D eigenvalue weighted by Gasteiger charge is 2.44. The molecule has 2 rings (SSSR count). The van der Waals surface area contributed by atoms with E-state index in [2.05, 4.69) is 20.8 Å². The van der Waals surface area contributed by atoms with Gasteiger partial charge in [0.1, 0.15) is 0 Å². The van der Waals surface area contributed by atoms with Crippen LogP contribution in [-0.4, -0.2) is 6.04 Å². The summed E-state index contributed by atoms with van der Waals surface area (Å²) in [6.07, 6.45) is 6.77. The summed E-state index contributed by atoms with van der Waals surface area (Å²) in [5.74, 6) is 2.79. The third-order valence-electron chi connectivity index (χ3n) is 4.92. The molecule has 1 unspecified atom stereocenters. The van der Waals surface area contributed by atoms with Gasteiger partial charge in [-0.1, -0.05) is 20.8 Å². The summed E-state index contributed by atoms with van der Waals surface area (Å²) in [4.78, 5) is 0. The molecule has 0 aromatic heterocycles. The van der Waals surface area contributed by atoms with Crippen molar-refractivity contribution in [2.75, 3.05) is 0 Å². The molecule has 1 nitrogen and oxygen atoms in total. The Balaban J connectivity index is 2.14. The number of hydrogen-bond acceptors (Lipinski definition) is 1. The molecular formula is C13H25N. The van der Waals surface area contributed by atoms with E-state index in [0.29, 0.717) is 11.5 Å². The Morgan fingerprint density at radius 3 is 2.57 bits per heavy atom. The molecule has 0 saturated heterocycles. The SMILES string of the molecule is C[C@@H]1CCC(C)(C)[C@H]2CC[C@@H](N)CC12. The molecule has 0 spiro atoms. The molecule has 2 aliphatic rings. The van der Waals surface area contributed by atoms with Crippen LogP contribution in [0.5, 0.6) is 0 Å². The standard InChI is InChI=1S/C13H25N/c1-9-6-7-13(2,3)12-5-4-10(14)8-11(9)12/h9-12H,4-8,14H2,1-3H3/t9-,10-,11?,12+/m1/s1. The monoisotopic (exact) mass is 195 g/mol. The van der Waals surface area contributed by atoms with Crippen LogP contribution in [-0.2, 0) is 0 Å². The Labute approximate surface area is 88.4 Å². The second-order valence-electron chi connectivity index (χ2n) is 6.35. The molecule has 0 aromatic carbocycles. The van der Waals surface area contributed by atoms with E-state index in [-0.39, 0.29) is 0 Å². The van der Waals surface area contributed by atoms with Crippen LogP contribution >= 0.6 is 0 Å². The first kappa shape index (κ1) is 10.5. The molecule has 0 aromatic rings. The summed E-state index contributed by atoms with van der Waals surface area (Å²) in [5.41, 5.74) is 6.67. The average Bonchev–Trinajstić information content (AvgIpc) is 2.12. The van der Waals surface area contributed by atoms with E-state index in [1.165, 1.54) is 32.1 Å². The lowest BCUT2D eigenvalue weighted by molar-refractivity contribution is -0.00111. The normalized spacial score (nSPS) is 47.1. The Morgan fingerprint density at radius 1 is 1.14 bits per heavy atom. The summed E-state index contributed by atoms with van der Waals surface area (Å²) in [6, 6.07) is 0.493. The fraction of sp³-hybridized carbons (Fsp3) is 1.00. The molecule has 2 saturated carbocycles. The third kappa shape index (κ3) is 1.71. The van der Waals surface area contributed by atoms with Crippen molar-refractivity contribution in [1.29, 1.82) is 0 Å².